The van der Waals surface area contributed by atoms with Crippen molar-refractivity contribution in [2.24, 2.45) is 0 Å². The van der Waals surface area contributed by atoms with E-state index in [4.69, 9.17) is 0 Å². The Morgan fingerprint density at radius 1 is 1.23 bits per heavy atom. The molecule has 30 heavy (non-hydrogen) atoms. The summed E-state index contributed by atoms with van der Waals surface area (Å²) in [5, 5.41) is 12.7. The number of hydrogen-bond acceptors (Lipinski definition) is 4. The topological polar surface area (TPSA) is 91.6 Å². The van der Waals surface area contributed by atoms with Crippen molar-refractivity contribution in [1.29, 1.82) is 0 Å². The minimum Gasteiger partial charge on any atom is -0.503 e. The Hall–Kier alpha value is -3.23. The summed E-state index contributed by atoms with van der Waals surface area (Å²) in [6, 6.07) is 2.13. The summed E-state index contributed by atoms with van der Waals surface area (Å²) in [4.78, 5) is 39.5. The molecule has 0 radical (unpaired) electrons. The van der Waals surface area contributed by atoms with Gasteiger partial charge in [-0.15, -0.1) is 0 Å². The Kier molecular flexibility index (Phi) is 5.05. The van der Waals surface area contributed by atoms with Gasteiger partial charge in [-0.25, -0.2) is 8.78 Å². The van der Waals surface area contributed by atoms with Crippen LogP contribution in [-0.2, 0) is 6.54 Å². The number of benzene rings is 1. The molecule has 1 aromatic carbocycles. The van der Waals surface area contributed by atoms with Gasteiger partial charge in [0.15, 0.2) is 11.4 Å². The molecular formula is C21H21F2N3O4. The number of fused-ring (bicyclic) bond motifs is 4. The molecule has 7 nitrogen and oxygen atoms in total. The molecule has 2 N–H and O–H groups in total. The van der Waals surface area contributed by atoms with Crippen LogP contribution in [0.25, 0.3) is 0 Å². The van der Waals surface area contributed by atoms with Crippen LogP contribution >= 0.6 is 0 Å². The maximum absolute atomic E-state index is 14.0. The Morgan fingerprint density at radius 2 is 1.93 bits per heavy atom. The number of nitrogens with one attached hydrogen (secondary N) is 1. The number of pyridine rings is 1. The molecule has 1 aromatic heterocycles. The first-order valence-electron chi connectivity index (χ1n) is 9.78. The highest BCUT2D eigenvalue weighted by atomic mass is 19.1. The third-order valence-electron chi connectivity index (χ3n) is 5.70. The molecule has 158 valence electrons. The van der Waals surface area contributed by atoms with Crippen LogP contribution < -0.4 is 10.7 Å². The molecule has 2 amide bonds. The lowest BCUT2D eigenvalue weighted by molar-refractivity contribution is 0.0677. The highest BCUT2D eigenvalue weighted by Crippen LogP contribution is 2.31. The summed E-state index contributed by atoms with van der Waals surface area (Å²) in [5.74, 6) is -3.71. The standard InChI is InChI=1S/C21H21F2N3O4/c1-11-6-15(22)13(16(23)7-11)8-24-20(29)14-10-26-12-4-2-3-5-25(9-12)21(30)17(26)19(28)18(14)27/h6-7,10,12,28H,2-5,8-9H2,1H3,(H,24,29)/t12-/m1/s1. The molecule has 1 fully saturated rings. The normalized spacial score (nSPS) is 18.0. The number of carbonyl (C=O) groups excluding carboxylic acids is 2. The second-order valence-corrected chi connectivity index (χ2v) is 7.77. The number of rotatable bonds is 3. The quantitative estimate of drug-likeness (QED) is 0.802. The van der Waals surface area contributed by atoms with Crippen molar-refractivity contribution in [3.63, 3.8) is 0 Å². The van der Waals surface area contributed by atoms with E-state index in [1.807, 2.05) is 0 Å². The van der Waals surface area contributed by atoms with Gasteiger partial charge >= 0.3 is 0 Å². The molecule has 1 saturated heterocycles. The molecule has 0 spiro atoms. The third kappa shape index (κ3) is 3.34. The van der Waals surface area contributed by atoms with Crippen molar-refractivity contribution in [1.82, 2.24) is 14.8 Å². The Labute approximate surface area is 170 Å². The number of amides is 2. The molecule has 1 atom stereocenters. The van der Waals surface area contributed by atoms with E-state index in [0.717, 1.165) is 31.4 Å². The van der Waals surface area contributed by atoms with Gasteiger partial charge in [-0.05, 0) is 43.9 Å². The van der Waals surface area contributed by atoms with Crippen molar-refractivity contribution in [2.75, 3.05) is 13.1 Å². The van der Waals surface area contributed by atoms with Gasteiger partial charge in [0.25, 0.3) is 11.8 Å². The molecule has 2 aromatic rings. The summed E-state index contributed by atoms with van der Waals surface area (Å²) < 4.78 is 29.5. The molecule has 0 aliphatic carbocycles. The number of aromatic nitrogens is 1. The van der Waals surface area contributed by atoms with Gasteiger partial charge in [0.2, 0.25) is 5.43 Å². The summed E-state index contributed by atoms with van der Waals surface area (Å²) in [7, 11) is 0. The first-order chi connectivity index (χ1) is 14.3. The summed E-state index contributed by atoms with van der Waals surface area (Å²) in [6.45, 7) is 2.07. The SMILES string of the molecule is Cc1cc(F)c(CNC(=O)c2cn3c(c(O)c2=O)C(=O)N2CCCC[C@@H]3C2)c(F)c1. The highest BCUT2D eigenvalue weighted by molar-refractivity contribution is 5.99. The number of halogens is 2. The fourth-order valence-corrected chi connectivity index (χ4v) is 4.12. The minimum atomic E-state index is -0.989. The van der Waals surface area contributed by atoms with Gasteiger partial charge < -0.3 is 19.9 Å². The molecule has 2 aliphatic heterocycles. The second kappa shape index (κ2) is 7.55. The third-order valence-corrected chi connectivity index (χ3v) is 5.70. The Bertz CT molecular complexity index is 1090. The highest BCUT2D eigenvalue weighted by Gasteiger charge is 2.36. The number of hydrogen-bond donors (Lipinski definition) is 2. The van der Waals surface area contributed by atoms with Crippen LogP contribution in [0.2, 0.25) is 0 Å². The van der Waals surface area contributed by atoms with Gasteiger partial charge in [0.05, 0.1) is 6.04 Å². The van der Waals surface area contributed by atoms with E-state index in [1.165, 1.54) is 10.8 Å². The molecule has 4 rings (SSSR count). The molecule has 2 bridgehead atoms. The first kappa shape index (κ1) is 20.1. The zero-order valence-corrected chi connectivity index (χ0v) is 16.4. The maximum atomic E-state index is 14.0. The number of nitrogens with zero attached hydrogens (tertiary/aromatic N) is 2. The second-order valence-electron chi connectivity index (χ2n) is 7.77. The first-order valence-corrected chi connectivity index (χ1v) is 9.78. The summed E-state index contributed by atoms with van der Waals surface area (Å²) in [5.41, 5.74) is -1.41. The zero-order chi connectivity index (χ0) is 21.6. The number of aromatic hydroxyl groups is 1. The summed E-state index contributed by atoms with van der Waals surface area (Å²) >= 11 is 0. The molecule has 0 unspecified atom stereocenters. The lowest BCUT2D eigenvalue weighted by Crippen LogP contribution is -2.44. The van der Waals surface area contributed by atoms with E-state index < -0.39 is 41.2 Å². The van der Waals surface area contributed by atoms with E-state index >= 15 is 0 Å². The predicted molar refractivity (Wildman–Crippen MR) is 103 cm³/mol. The predicted octanol–water partition coefficient (Wildman–Crippen LogP) is 2.25. The van der Waals surface area contributed by atoms with Crippen molar-refractivity contribution in [3.8, 4) is 5.75 Å². The monoisotopic (exact) mass is 417 g/mol. The number of aryl methyl sites for hydroxylation is 1. The fraction of sp³-hybridized carbons (Fsp3) is 0.381. The minimum absolute atomic E-state index is 0.120. The van der Waals surface area contributed by atoms with Crippen LogP contribution in [0.15, 0.2) is 23.1 Å². The zero-order valence-electron chi connectivity index (χ0n) is 16.4. The van der Waals surface area contributed by atoms with Crippen LogP contribution in [-0.4, -0.2) is 39.5 Å². The van der Waals surface area contributed by atoms with Crippen LogP contribution in [0.5, 0.6) is 5.75 Å². The van der Waals surface area contributed by atoms with E-state index in [0.29, 0.717) is 18.7 Å². The average molecular weight is 417 g/mol. The van der Waals surface area contributed by atoms with E-state index in [9.17, 15) is 28.3 Å². The van der Waals surface area contributed by atoms with Gasteiger partial charge in [-0.1, -0.05) is 0 Å². The molecule has 2 aliphatic rings. The lowest BCUT2D eigenvalue weighted by Gasteiger charge is -2.34. The van der Waals surface area contributed by atoms with Crippen LogP contribution in [0, 0.1) is 18.6 Å². The van der Waals surface area contributed by atoms with E-state index in [2.05, 4.69) is 5.32 Å². The van der Waals surface area contributed by atoms with Gasteiger partial charge in [0, 0.05) is 31.4 Å². The van der Waals surface area contributed by atoms with Crippen molar-refractivity contribution < 1.29 is 23.5 Å². The Morgan fingerprint density at radius 3 is 2.63 bits per heavy atom. The average Bonchev–Trinajstić information content (AvgIpc) is 2.91. The molecular weight excluding hydrogens is 396 g/mol. The van der Waals surface area contributed by atoms with E-state index in [1.54, 1.807) is 11.8 Å². The summed E-state index contributed by atoms with van der Waals surface area (Å²) in [6.07, 6.45) is 3.69. The molecule has 3 heterocycles. The smallest absolute Gasteiger partial charge is 0.274 e. The lowest BCUT2D eigenvalue weighted by atomic mass is 10.1. The van der Waals surface area contributed by atoms with Crippen molar-refractivity contribution >= 4 is 11.8 Å². The van der Waals surface area contributed by atoms with Gasteiger partial charge in [-0.3, -0.25) is 14.4 Å². The molecule has 9 heteroatoms. The van der Waals surface area contributed by atoms with Crippen LogP contribution in [0.1, 0.15) is 57.3 Å². The fourth-order valence-electron chi connectivity index (χ4n) is 4.12. The maximum Gasteiger partial charge on any atom is 0.274 e. The van der Waals surface area contributed by atoms with Crippen LogP contribution in [0.3, 0.4) is 0 Å². The van der Waals surface area contributed by atoms with Gasteiger partial charge in [-0.2, -0.15) is 0 Å². The van der Waals surface area contributed by atoms with Crippen LogP contribution in [0.4, 0.5) is 8.78 Å². The molecule has 0 saturated carbocycles. The largest absolute Gasteiger partial charge is 0.503 e. The van der Waals surface area contributed by atoms with Crippen molar-refractivity contribution in [2.45, 2.75) is 38.8 Å². The Balaban J connectivity index is 1.67. The van der Waals surface area contributed by atoms with Crippen molar-refractivity contribution in [3.05, 3.63) is 62.6 Å². The van der Waals surface area contributed by atoms with Gasteiger partial charge in [0.1, 0.15) is 17.2 Å². The van der Waals surface area contributed by atoms with E-state index in [-0.39, 0.29) is 22.9 Å². The number of carbonyl (C=O) groups is 2.